The maximum absolute atomic E-state index is 12.0. The molecule has 2 rings (SSSR count). The third-order valence-electron chi connectivity index (χ3n) is 3.99. The predicted molar refractivity (Wildman–Crippen MR) is 114 cm³/mol. The molecule has 0 saturated carbocycles. The summed E-state index contributed by atoms with van der Waals surface area (Å²) in [5.41, 5.74) is 4.55. The summed E-state index contributed by atoms with van der Waals surface area (Å²) >= 11 is 5.96. The van der Waals surface area contributed by atoms with Gasteiger partial charge in [0.05, 0.1) is 5.71 Å². The van der Waals surface area contributed by atoms with Gasteiger partial charge in [0.2, 0.25) is 5.91 Å². The molecule has 0 fully saturated rings. The number of rotatable bonds is 8. The van der Waals surface area contributed by atoms with Crippen LogP contribution in [0.1, 0.15) is 37.8 Å². The molecular formula is C21H24ClN3O4. The second-order valence-electron chi connectivity index (χ2n) is 6.46. The largest absolute Gasteiger partial charge is 0.507 e. The van der Waals surface area contributed by atoms with Crippen LogP contribution in [-0.2, 0) is 9.59 Å². The fourth-order valence-corrected chi connectivity index (χ4v) is 2.57. The zero-order valence-corrected chi connectivity index (χ0v) is 17.3. The molecule has 0 bridgehead atoms. The van der Waals surface area contributed by atoms with Crippen LogP contribution in [0.4, 0.5) is 5.69 Å². The first-order valence-corrected chi connectivity index (χ1v) is 9.53. The van der Waals surface area contributed by atoms with Crippen molar-refractivity contribution in [1.82, 2.24) is 5.43 Å². The Balaban J connectivity index is 1.98. The monoisotopic (exact) mass is 417 g/mol. The summed E-state index contributed by atoms with van der Waals surface area (Å²) in [6.45, 7) is 5.17. The highest BCUT2D eigenvalue weighted by molar-refractivity contribution is 6.31. The van der Waals surface area contributed by atoms with Gasteiger partial charge in [0.15, 0.2) is 6.61 Å². The van der Waals surface area contributed by atoms with E-state index in [1.54, 1.807) is 37.3 Å². The lowest BCUT2D eigenvalue weighted by molar-refractivity contribution is -0.123. The lowest BCUT2D eigenvalue weighted by atomic mass is 10.1. The molecule has 154 valence electrons. The third-order valence-corrected chi connectivity index (χ3v) is 4.42. The second-order valence-corrected chi connectivity index (χ2v) is 6.87. The van der Waals surface area contributed by atoms with Crippen LogP contribution >= 0.6 is 11.6 Å². The first-order valence-electron chi connectivity index (χ1n) is 9.15. The lowest BCUT2D eigenvalue weighted by Gasteiger charge is -2.10. The van der Waals surface area contributed by atoms with E-state index in [1.165, 1.54) is 6.07 Å². The van der Waals surface area contributed by atoms with Crippen molar-refractivity contribution in [3.05, 3.63) is 52.5 Å². The van der Waals surface area contributed by atoms with Crippen molar-refractivity contribution < 1.29 is 19.4 Å². The summed E-state index contributed by atoms with van der Waals surface area (Å²) in [4.78, 5) is 23.7. The molecular weight excluding hydrogens is 394 g/mol. The molecule has 0 aliphatic rings. The third kappa shape index (κ3) is 6.80. The van der Waals surface area contributed by atoms with E-state index in [4.69, 9.17) is 16.3 Å². The summed E-state index contributed by atoms with van der Waals surface area (Å²) in [5.74, 6) is -0.0525. The highest BCUT2D eigenvalue weighted by atomic mass is 35.5. The van der Waals surface area contributed by atoms with Gasteiger partial charge in [0.1, 0.15) is 11.5 Å². The molecule has 0 spiro atoms. The number of carbonyl (C=O) groups excluding carboxylic acids is 2. The number of nitrogens with one attached hydrogen (secondary N) is 2. The maximum atomic E-state index is 12.0. The summed E-state index contributed by atoms with van der Waals surface area (Å²) in [6, 6.07) is 9.76. The van der Waals surface area contributed by atoms with Crippen molar-refractivity contribution in [3.63, 3.8) is 0 Å². The van der Waals surface area contributed by atoms with Gasteiger partial charge in [-0.15, -0.1) is 0 Å². The van der Waals surface area contributed by atoms with Crippen molar-refractivity contribution in [2.75, 3.05) is 11.9 Å². The summed E-state index contributed by atoms with van der Waals surface area (Å²) in [5, 5.41) is 17.4. The van der Waals surface area contributed by atoms with Gasteiger partial charge in [-0.2, -0.15) is 5.10 Å². The Morgan fingerprint density at radius 3 is 2.62 bits per heavy atom. The fraction of sp³-hybridized carbons (Fsp3) is 0.286. The normalized spacial score (nSPS) is 11.1. The number of ether oxygens (including phenoxy) is 1. The van der Waals surface area contributed by atoms with Gasteiger partial charge in [-0.05, 0) is 62.2 Å². The fourth-order valence-electron chi connectivity index (χ4n) is 2.45. The molecule has 8 heteroatoms. The molecule has 0 unspecified atom stereocenters. The first-order chi connectivity index (χ1) is 13.8. The highest BCUT2D eigenvalue weighted by Crippen LogP contribution is 2.23. The molecule has 0 atom stereocenters. The minimum Gasteiger partial charge on any atom is -0.507 e. The van der Waals surface area contributed by atoms with Gasteiger partial charge in [-0.25, -0.2) is 5.43 Å². The minimum atomic E-state index is -0.455. The van der Waals surface area contributed by atoms with Crippen LogP contribution in [0, 0.1) is 6.92 Å². The Labute approximate surface area is 174 Å². The van der Waals surface area contributed by atoms with Crippen LogP contribution in [0.5, 0.6) is 11.5 Å². The van der Waals surface area contributed by atoms with Gasteiger partial charge in [-0.3, -0.25) is 9.59 Å². The maximum Gasteiger partial charge on any atom is 0.277 e. The van der Waals surface area contributed by atoms with E-state index < -0.39 is 5.91 Å². The van der Waals surface area contributed by atoms with E-state index in [9.17, 15) is 14.7 Å². The minimum absolute atomic E-state index is 0.0121. The van der Waals surface area contributed by atoms with Crippen molar-refractivity contribution in [2.24, 2.45) is 5.10 Å². The van der Waals surface area contributed by atoms with Gasteiger partial charge >= 0.3 is 0 Å². The molecule has 0 aromatic heterocycles. The summed E-state index contributed by atoms with van der Waals surface area (Å²) in [6.07, 6.45) is 1.15. The number of aryl methyl sites for hydroxylation is 1. The molecule has 2 amide bonds. The lowest BCUT2D eigenvalue weighted by Crippen LogP contribution is -2.25. The van der Waals surface area contributed by atoms with Crippen LogP contribution in [0.15, 0.2) is 41.5 Å². The molecule has 3 N–H and O–H groups in total. The molecule has 2 aromatic carbocycles. The SMILES string of the molecule is CCCC(=O)Nc1ccc(O)c(/C(C)=N/NC(=O)COc2ccc(Cl)c(C)c2)c1. The van der Waals surface area contributed by atoms with E-state index in [0.29, 0.717) is 34.2 Å². The molecule has 0 aliphatic carbocycles. The number of amides is 2. The smallest absolute Gasteiger partial charge is 0.277 e. The Bertz CT molecular complexity index is 928. The average molecular weight is 418 g/mol. The number of phenols is 1. The van der Waals surface area contributed by atoms with E-state index in [-0.39, 0.29) is 18.3 Å². The molecule has 29 heavy (non-hydrogen) atoms. The van der Waals surface area contributed by atoms with Crippen LogP contribution in [-0.4, -0.2) is 29.2 Å². The van der Waals surface area contributed by atoms with Crippen LogP contribution in [0.2, 0.25) is 5.02 Å². The van der Waals surface area contributed by atoms with Crippen molar-refractivity contribution >= 4 is 34.8 Å². The van der Waals surface area contributed by atoms with Crippen molar-refractivity contribution in [2.45, 2.75) is 33.6 Å². The zero-order chi connectivity index (χ0) is 21.4. The Morgan fingerprint density at radius 1 is 1.17 bits per heavy atom. The van der Waals surface area contributed by atoms with E-state index in [0.717, 1.165) is 12.0 Å². The van der Waals surface area contributed by atoms with Crippen molar-refractivity contribution in [3.8, 4) is 11.5 Å². The number of hydrogen-bond acceptors (Lipinski definition) is 5. The topological polar surface area (TPSA) is 100 Å². The predicted octanol–water partition coefficient (Wildman–Crippen LogP) is 4.01. The summed E-state index contributed by atoms with van der Waals surface area (Å²) in [7, 11) is 0. The van der Waals surface area contributed by atoms with Gasteiger partial charge in [0.25, 0.3) is 5.91 Å². The number of hydrogen-bond donors (Lipinski definition) is 3. The molecule has 0 radical (unpaired) electrons. The number of nitrogens with zero attached hydrogens (tertiary/aromatic N) is 1. The highest BCUT2D eigenvalue weighted by Gasteiger charge is 2.10. The molecule has 7 nitrogen and oxygen atoms in total. The Kier molecular flexibility index (Phi) is 8.03. The number of phenolic OH excluding ortho intramolecular Hbond substituents is 1. The molecule has 0 saturated heterocycles. The van der Waals surface area contributed by atoms with Crippen molar-refractivity contribution in [1.29, 1.82) is 0 Å². The van der Waals surface area contributed by atoms with Gasteiger partial charge in [-0.1, -0.05) is 18.5 Å². The van der Waals surface area contributed by atoms with Crippen LogP contribution in [0.3, 0.4) is 0 Å². The van der Waals surface area contributed by atoms with E-state index >= 15 is 0 Å². The van der Waals surface area contributed by atoms with E-state index in [1.807, 2.05) is 13.8 Å². The standard InChI is InChI=1S/C21H24ClN3O4/c1-4-5-20(27)23-15-6-9-19(26)17(11-15)14(3)24-25-21(28)12-29-16-7-8-18(22)13(2)10-16/h6-11,26H,4-5,12H2,1-3H3,(H,23,27)(H,25,28)/b24-14+. The number of benzene rings is 2. The number of aromatic hydroxyl groups is 1. The number of carbonyl (C=O) groups is 2. The van der Waals surface area contributed by atoms with Crippen LogP contribution in [0.25, 0.3) is 0 Å². The molecule has 2 aromatic rings. The van der Waals surface area contributed by atoms with Gasteiger partial charge in [0, 0.05) is 22.7 Å². The quantitative estimate of drug-likeness (QED) is 0.343. The molecule has 0 aliphatic heterocycles. The summed E-state index contributed by atoms with van der Waals surface area (Å²) < 4.78 is 5.41. The number of anilines is 1. The first kappa shape index (κ1) is 22.2. The Morgan fingerprint density at radius 2 is 1.93 bits per heavy atom. The van der Waals surface area contributed by atoms with E-state index in [2.05, 4.69) is 15.8 Å². The van der Waals surface area contributed by atoms with Gasteiger partial charge < -0.3 is 15.2 Å². The number of hydrazone groups is 1. The number of halogens is 1. The average Bonchev–Trinajstić information content (AvgIpc) is 2.68. The van der Waals surface area contributed by atoms with Crippen LogP contribution < -0.4 is 15.5 Å². The second kappa shape index (κ2) is 10.5. The molecule has 0 heterocycles. The zero-order valence-electron chi connectivity index (χ0n) is 16.6. The Hall–Kier alpha value is -3.06.